The van der Waals surface area contributed by atoms with Crippen LogP contribution in [0, 0.1) is 0 Å². The van der Waals surface area contributed by atoms with Gasteiger partial charge >= 0.3 is 11.9 Å². The van der Waals surface area contributed by atoms with Gasteiger partial charge < -0.3 is 20.6 Å². The number of carbonyl (C=O) groups excluding carboxylic acids is 2. The SMILES string of the molecule is O=C1CN(c2nc(Cn3nc(-c4ccc(Cl)cc4)n(C[C@H](O)C(F)(F)F)c3=O)nn2-c2cccnc2C(=O)NC2CC2F)CCN1. The summed E-state index contributed by atoms with van der Waals surface area (Å²) < 4.78 is 56.2. The van der Waals surface area contributed by atoms with Gasteiger partial charge in [-0.1, -0.05) is 11.6 Å². The zero-order valence-electron chi connectivity index (χ0n) is 23.7. The van der Waals surface area contributed by atoms with Gasteiger partial charge in [0.05, 0.1) is 24.8 Å². The number of carbonyl (C=O) groups is 2. The first-order valence-electron chi connectivity index (χ1n) is 14.0. The van der Waals surface area contributed by atoms with Gasteiger partial charge in [0.25, 0.3) is 5.91 Å². The number of amides is 2. The van der Waals surface area contributed by atoms with Gasteiger partial charge in [-0.3, -0.25) is 14.2 Å². The number of piperazine rings is 1. The second-order valence-electron chi connectivity index (χ2n) is 10.7. The summed E-state index contributed by atoms with van der Waals surface area (Å²) >= 11 is 5.96. The van der Waals surface area contributed by atoms with Crippen LogP contribution in [0.25, 0.3) is 17.1 Å². The zero-order chi connectivity index (χ0) is 32.7. The van der Waals surface area contributed by atoms with Crippen molar-refractivity contribution in [3.8, 4) is 17.1 Å². The maximum Gasteiger partial charge on any atom is 0.416 e. The second-order valence-corrected chi connectivity index (χ2v) is 11.1. The average Bonchev–Trinajstić information content (AvgIpc) is 3.41. The Kier molecular flexibility index (Phi) is 8.24. The lowest BCUT2D eigenvalue weighted by molar-refractivity contribution is -0.207. The van der Waals surface area contributed by atoms with Gasteiger partial charge in [0, 0.05) is 36.3 Å². The van der Waals surface area contributed by atoms with Crippen LogP contribution in [0.5, 0.6) is 0 Å². The van der Waals surface area contributed by atoms with E-state index in [2.05, 4.69) is 30.8 Å². The van der Waals surface area contributed by atoms with Crippen molar-refractivity contribution in [2.75, 3.05) is 24.5 Å². The van der Waals surface area contributed by atoms with Crippen molar-refractivity contribution < 1.29 is 32.3 Å². The van der Waals surface area contributed by atoms with Crippen LogP contribution < -0.4 is 21.2 Å². The van der Waals surface area contributed by atoms with Gasteiger partial charge in [-0.2, -0.15) is 22.8 Å². The van der Waals surface area contributed by atoms with Crippen molar-refractivity contribution >= 4 is 29.4 Å². The van der Waals surface area contributed by atoms with Gasteiger partial charge in [-0.25, -0.2) is 18.9 Å². The molecule has 3 aromatic heterocycles. The van der Waals surface area contributed by atoms with Gasteiger partial charge in [0.15, 0.2) is 23.4 Å². The molecule has 2 amide bonds. The summed E-state index contributed by atoms with van der Waals surface area (Å²) in [5.41, 5.74) is -0.697. The molecule has 2 fully saturated rings. The number of anilines is 1. The van der Waals surface area contributed by atoms with Gasteiger partial charge in [-0.05, 0) is 36.4 Å². The Labute approximate surface area is 261 Å². The van der Waals surface area contributed by atoms with Gasteiger partial charge in [-0.15, -0.1) is 10.2 Å². The molecule has 0 radical (unpaired) electrons. The fourth-order valence-corrected chi connectivity index (χ4v) is 4.94. The summed E-state index contributed by atoms with van der Waals surface area (Å²) in [6.45, 7) is -1.11. The Hall–Kier alpha value is -4.84. The van der Waals surface area contributed by atoms with E-state index >= 15 is 0 Å². The normalized spacial score (nSPS) is 18.7. The molecular weight excluding hydrogens is 640 g/mol. The van der Waals surface area contributed by atoms with Gasteiger partial charge in [0.2, 0.25) is 11.9 Å². The van der Waals surface area contributed by atoms with Crippen molar-refractivity contribution in [3.63, 3.8) is 0 Å². The fourth-order valence-electron chi connectivity index (χ4n) is 4.81. The predicted octanol–water partition coefficient (Wildman–Crippen LogP) is 1.09. The van der Waals surface area contributed by atoms with Crippen LogP contribution in [0.3, 0.4) is 0 Å². The molecule has 2 aliphatic rings. The minimum Gasteiger partial charge on any atom is -0.382 e. The summed E-state index contributed by atoms with van der Waals surface area (Å²) in [7, 11) is 0. The number of nitrogens with one attached hydrogen (secondary N) is 2. The van der Waals surface area contributed by atoms with Crippen molar-refractivity contribution in [2.45, 2.75) is 44.0 Å². The van der Waals surface area contributed by atoms with Crippen LogP contribution in [-0.2, 0) is 17.9 Å². The molecule has 1 saturated heterocycles. The van der Waals surface area contributed by atoms with Crippen LogP contribution in [0.1, 0.15) is 22.7 Å². The van der Waals surface area contributed by atoms with E-state index in [-0.39, 0.29) is 60.0 Å². The number of pyridine rings is 1. The average molecular weight is 665 g/mol. The predicted molar refractivity (Wildman–Crippen MR) is 153 cm³/mol. The third kappa shape index (κ3) is 6.43. The number of rotatable bonds is 9. The summed E-state index contributed by atoms with van der Waals surface area (Å²) in [4.78, 5) is 48.9. The first kappa shape index (κ1) is 31.2. The minimum atomic E-state index is -5.01. The van der Waals surface area contributed by atoms with Crippen LogP contribution >= 0.6 is 11.6 Å². The topological polar surface area (TPSA) is 165 Å². The van der Waals surface area contributed by atoms with E-state index < -0.39 is 49.2 Å². The lowest BCUT2D eigenvalue weighted by Crippen LogP contribution is -2.48. The third-order valence-corrected chi connectivity index (χ3v) is 7.52. The van der Waals surface area contributed by atoms with Crippen molar-refractivity contribution in [2.24, 2.45) is 0 Å². The lowest BCUT2D eigenvalue weighted by Gasteiger charge is -2.27. The molecule has 1 aromatic carbocycles. The van der Waals surface area contributed by atoms with Crippen LogP contribution in [-0.4, -0.2) is 95.1 Å². The van der Waals surface area contributed by atoms with Crippen LogP contribution in [0.2, 0.25) is 5.02 Å². The fraction of sp³-hybridized carbons (Fsp3) is 0.370. The Morgan fingerprint density at radius 2 is 1.91 bits per heavy atom. The summed E-state index contributed by atoms with van der Waals surface area (Å²) in [5.74, 6) is -1.08. The quantitative estimate of drug-likeness (QED) is 0.222. The number of hydrogen-bond donors (Lipinski definition) is 3. The van der Waals surface area contributed by atoms with Crippen molar-refractivity contribution in [1.82, 2.24) is 44.7 Å². The number of halogens is 5. The number of nitrogens with zero attached hydrogens (tertiary/aromatic N) is 8. The summed E-state index contributed by atoms with van der Waals surface area (Å²) in [5, 5.41) is 24.1. The zero-order valence-corrected chi connectivity index (χ0v) is 24.4. The molecular formula is C27H25ClF4N10O4. The van der Waals surface area contributed by atoms with Crippen molar-refractivity contribution in [3.05, 3.63) is 69.6 Å². The Morgan fingerprint density at radius 1 is 1.17 bits per heavy atom. The van der Waals surface area contributed by atoms with E-state index in [1.54, 1.807) is 4.90 Å². The number of hydrogen-bond acceptors (Lipinski definition) is 9. The lowest BCUT2D eigenvalue weighted by atomic mass is 10.2. The molecule has 0 spiro atoms. The molecule has 3 atom stereocenters. The van der Waals surface area contributed by atoms with E-state index in [1.165, 1.54) is 47.3 Å². The molecule has 1 saturated carbocycles. The number of aromatic nitrogens is 7. The van der Waals surface area contributed by atoms with Crippen LogP contribution in [0.4, 0.5) is 23.5 Å². The molecule has 1 aliphatic carbocycles. The number of aliphatic hydroxyl groups is 1. The monoisotopic (exact) mass is 664 g/mol. The molecule has 6 rings (SSSR count). The highest BCUT2D eigenvalue weighted by atomic mass is 35.5. The maximum absolute atomic E-state index is 13.5. The standard InChI is InChI=1S/C27H25ClF4N10O4/c28-15-5-3-14(4-6-15)23-38-41(26(46)40(23)11-19(43)27(30,31)32)12-20-36-25(39-9-8-33-21(44)13-39)42(37-20)18-2-1-7-34-22(18)24(45)35-17-10-16(17)29/h1-7,16-17,19,43H,8-13H2,(H,33,44)(H,35,45)/t16?,17?,19-/m0/s1. The number of alkyl halides is 4. The van der Waals surface area contributed by atoms with Crippen LogP contribution in [0.15, 0.2) is 47.4 Å². The molecule has 4 aromatic rings. The summed E-state index contributed by atoms with van der Waals surface area (Å²) in [6.07, 6.45) is -7.49. The Balaban J connectivity index is 1.41. The first-order chi connectivity index (χ1) is 21.9. The Bertz CT molecular complexity index is 1840. The molecule has 1 aliphatic heterocycles. The maximum atomic E-state index is 13.5. The third-order valence-electron chi connectivity index (χ3n) is 7.26. The molecule has 46 heavy (non-hydrogen) atoms. The largest absolute Gasteiger partial charge is 0.416 e. The van der Waals surface area contributed by atoms with Gasteiger partial charge in [0.1, 0.15) is 12.7 Å². The second kappa shape index (κ2) is 12.2. The molecule has 242 valence electrons. The highest BCUT2D eigenvalue weighted by Crippen LogP contribution is 2.27. The molecule has 14 nitrogen and oxygen atoms in total. The van der Waals surface area contributed by atoms with E-state index in [0.29, 0.717) is 16.1 Å². The number of benzene rings is 1. The number of aliphatic hydroxyl groups excluding tert-OH is 1. The smallest absolute Gasteiger partial charge is 0.382 e. The first-order valence-corrected chi connectivity index (χ1v) is 14.3. The van der Waals surface area contributed by atoms with E-state index in [1.807, 2.05) is 0 Å². The molecule has 3 N–H and O–H groups in total. The van der Waals surface area contributed by atoms with Crippen molar-refractivity contribution in [1.29, 1.82) is 0 Å². The van der Waals surface area contributed by atoms with E-state index in [4.69, 9.17) is 11.6 Å². The molecule has 19 heteroatoms. The Morgan fingerprint density at radius 3 is 2.59 bits per heavy atom. The summed E-state index contributed by atoms with van der Waals surface area (Å²) in [6, 6.07) is 8.25. The van der Waals surface area contributed by atoms with E-state index in [9.17, 15) is 37.1 Å². The van der Waals surface area contributed by atoms with E-state index in [0.717, 1.165) is 4.68 Å². The highest BCUT2D eigenvalue weighted by molar-refractivity contribution is 6.30. The highest BCUT2D eigenvalue weighted by Gasteiger charge is 2.40. The molecule has 4 heterocycles. The molecule has 0 bridgehead atoms. The molecule has 2 unspecified atom stereocenters. The minimum absolute atomic E-state index is 0.0482.